The highest BCUT2D eigenvalue weighted by Crippen LogP contribution is 2.26. The van der Waals surface area contributed by atoms with Crippen LogP contribution in [0.3, 0.4) is 0 Å². The van der Waals surface area contributed by atoms with E-state index in [0.29, 0.717) is 19.0 Å². The van der Waals surface area contributed by atoms with Crippen molar-refractivity contribution in [2.24, 2.45) is 0 Å². The summed E-state index contributed by atoms with van der Waals surface area (Å²) in [6.07, 6.45) is 1.32. The molecule has 0 aliphatic carbocycles. The number of para-hydroxylation sites is 1. The SMILES string of the molecule is CCOC(=O)n1ccc2cccc(OCC)c21. The lowest BCUT2D eigenvalue weighted by molar-refractivity contribution is 0.155. The maximum Gasteiger partial charge on any atom is 0.418 e. The summed E-state index contributed by atoms with van der Waals surface area (Å²) in [6, 6.07) is 7.56. The van der Waals surface area contributed by atoms with Crippen LogP contribution in [0.2, 0.25) is 0 Å². The second-order valence-corrected chi connectivity index (χ2v) is 3.51. The third-order valence-corrected chi connectivity index (χ3v) is 2.44. The van der Waals surface area contributed by atoms with Gasteiger partial charge in [-0.25, -0.2) is 9.36 Å². The molecule has 4 nitrogen and oxygen atoms in total. The van der Waals surface area contributed by atoms with E-state index in [-0.39, 0.29) is 6.09 Å². The van der Waals surface area contributed by atoms with Gasteiger partial charge in [0, 0.05) is 11.6 Å². The molecule has 0 saturated carbocycles. The van der Waals surface area contributed by atoms with Gasteiger partial charge in [-0.3, -0.25) is 0 Å². The maximum absolute atomic E-state index is 11.8. The van der Waals surface area contributed by atoms with E-state index in [1.54, 1.807) is 13.1 Å². The van der Waals surface area contributed by atoms with Crippen LogP contribution >= 0.6 is 0 Å². The van der Waals surface area contributed by atoms with E-state index in [4.69, 9.17) is 9.47 Å². The molecule has 17 heavy (non-hydrogen) atoms. The smallest absolute Gasteiger partial charge is 0.418 e. The van der Waals surface area contributed by atoms with Gasteiger partial charge in [-0.2, -0.15) is 0 Å². The first-order valence-electron chi connectivity index (χ1n) is 5.68. The summed E-state index contributed by atoms with van der Waals surface area (Å²) in [6.45, 7) is 4.62. The second kappa shape index (κ2) is 4.91. The van der Waals surface area contributed by atoms with Crippen LogP contribution in [0, 0.1) is 0 Å². The van der Waals surface area contributed by atoms with Gasteiger partial charge in [-0.15, -0.1) is 0 Å². The molecular weight excluding hydrogens is 218 g/mol. The van der Waals surface area contributed by atoms with Crippen LogP contribution in [0.4, 0.5) is 4.79 Å². The molecule has 0 amide bonds. The molecule has 4 heteroatoms. The van der Waals surface area contributed by atoms with E-state index < -0.39 is 0 Å². The van der Waals surface area contributed by atoms with E-state index in [1.807, 2.05) is 31.2 Å². The van der Waals surface area contributed by atoms with Gasteiger partial charge in [0.25, 0.3) is 0 Å². The van der Waals surface area contributed by atoms with Gasteiger partial charge in [0.15, 0.2) is 0 Å². The number of carbonyl (C=O) groups is 1. The van der Waals surface area contributed by atoms with E-state index in [2.05, 4.69) is 0 Å². The number of fused-ring (bicyclic) bond motifs is 1. The summed E-state index contributed by atoms with van der Waals surface area (Å²) < 4.78 is 12.0. The average molecular weight is 233 g/mol. The Hall–Kier alpha value is -1.97. The number of rotatable bonds is 3. The van der Waals surface area contributed by atoms with Crippen LogP contribution in [-0.4, -0.2) is 23.9 Å². The lowest BCUT2D eigenvalue weighted by Gasteiger charge is -2.08. The number of hydrogen-bond donors (Lipinski definition) is 0. The number of hydrogen-bond acceptors (Lipinski definition) is 3. The van der Waals surface area contributed by atoms with Crippen LogP contribution in [0.5, 0.6) is 5.75 Å². The van der Waals surface area contributed by atoms with Crippen molar-refractivity contribution in [3.05, 3.63) is 30.5 Å². The average Bonchev–Trinajstić information content (AvgIpc) is 2.74. The summed E-state index contributed by atoms with van der Waals surface area (Å²) in [5.74, 6) is 0.697. The van der Waals surface area contributed by atoms with Crippen LogP contribution in [0.25, 0.3) is 10.9 Å². The molecule has 2 rings (SSSR count). The number of carbonyl (C=O) groups excluding carboxylic acids is 1. The first kappa shape index (κ1) is 11.5. The molecule has 0 fully saturated rings. The third-order valence-electron chi connectivity index (χ3n) is 2.44. The normalized spacial score (nSPS) is 10.5. The molecule has 1 aromatic heterocycles. The fourth-order valence-corrected chi connectivity index (χ4v) is 1.78. The van der Waals surface area contributed by atoms with Gasteiger partial charge in [0.2, 0.25) is 0 Å². The molecule has 0 spiro atoms. The lowest BCUT2D eigenvalue weighted by Crippen LogP contribution is -2.12. The summed E-state index contributed by atoms with van der Waals surface area (Å²) in [5, 5.41) is 0.962. The van der Waals surface area contributed by atoms with E-state index in [9.17, 15) is 4.79 Å². The number of ether oxygens (including phenoxy) is 2. The molecule has 0 unspecified atom stereocenters. The van der Waals surface area contributed by atoms with Crippen molar-refractivity contribution in [2.75, 3.05) is 13.2 Å². The van der Waals surface area contributed by atoms with Gasteiger partial charge in [0.1, 0.15) is 11.3 Å². The predicted octanol–water partition coefficient (Wildman–Crippen LogP) is 3.04. The lowest BCUT2D eigenvalue weighted by atomic mass is 10.2. The molecular formula is C13H15NO3. The summed E-state index contributed by atoms with van der Waals surface area (Å²) in [7, 11) is 0. The predicted molar refractivity (Wildman–Crippen MR) is 65.5 cm³/mol. The Morgan fingerprint density at radius 2 is 2.06 bits per heavy atom. The van der Waals surface area contributed by atoms with Crippen molar-refractivity contribution in [3.63, 3.8) is 0 Å². The number of benzene rings is 1. The monoisotopic (exact) mass is 233 g/mol. The summed E-state index contributed by atoms with van der Waals surface area (Å²) >= 11 is 0. The molecule has 90 valence electrons. The van der Waals surface area contributed by atoms with Crippen LogP contribution < -0.4 is 4.74 Å². The highest BCUT2D eigenvalue weighted by molar-refractivity contribution is 5.93. The minimum Gasteiger partial charge on any atom is -0.492 e. The highest BCUT2D eigenvalue weighted by Gasteiger charge is 2.13. The first-order valence-corrected chi connectivity index (χ1v) is 5.68. The maximum atomic E-state index is 11.8. The molecule has 0 atom stereocenters. The zero-order valence-electron chi connectivity index (χ0n) is 9.97. The van der Waals surface area contributed by atoms with Crippen LogP contribution in [-0.2, 0) is 4.74 Å². The molecule has 0 aliphatic heterocycles. The van der Waals surface area contributed by atoms with Crippen molar-refractivity contribution in [1.82, 2.24) is 4.57 Å². The van der Waals surface area contributed by atoms with Crippen molar-refractivity contribution >= 4 is 17.0 Å². The Kier molecular flexibility index (Phi) is 3.32. The molecule has 0 bridgehead atoms. The summed E-state index contributed by atoms with van der Waals surface area (Å²) in [4.78, 5) is 11.8. The largest absolute Gasteiger partial charge is 0.492 e. The van der Waals surface area contributed by atoms with Crippen molar-refractivity contribution < 1.29 is 14.3 Å². The molecule has 1 aromatic carbocycles. The molecule has 0 saturated heterocycles. The Morgan fingerprint density at radius 3 is 2.76 bits per heavy atom. The van der Waals surface area contributed by atoms with E-state index >= 15 is 0 Å². The molecule has 1 heterocycles. The standard InChI is InChI=1S/C13H15NO3/c1-3-16-11-7-5-6-10-8-9-14(12(10)11)13(15)17-4-2/h5-9H,3-4H2,1-2H3. The van der Waals surface area contributed by atoms with Crippen LogP contribution in [0.1, 0.15) is 13.8 Å². The zero-order chi connectivity index (χ0) is 12.3. The van der Waals surface area contributed by atoms with Gasteiger partial charge in [-0.1, -0.05) is 12.1 Å². The first-order chi connectivity index (χ1) is 8.27. The topological polar surface area (TPSA) is 40.5 Å². The minimum atomic E-state index is -0.380. The fourth-order valence-electron chi connectivity index (χ4n) is 1.78. The summed E-state index contributed by atoms with van der Waals surface area (Å²) in [5.41, 5.74) is 0.757. The van der Waals surface area contributed by atoms with Crippen molar-refractivity contribution in [1.29, 1.82) is 0 Å². The number of nitrogens with zero attached hydrogens (tertiary/aromatic N) is 1. The van der Waals surface area contributed by atoms with Crippen LogP contribution in [0.15, 0.2) is 30.5 Å². The van der Waals surface area contributed by atoms with E-state index in [0.717, 1.165) is 10.9 Å². The van der Waals surface area contributed by atoms with Gasteiger partial charge < -0.3 is 9.47 Å². The fraction of sp³-hybridized carbons (Fsp3) is 0.308. The molecule has 2 aromatic rings. The van der Waals surface area contributed by atoms with Gasteiger partial charge in [0.05, 0.1) is 13.2 Å². The Bertz CT molecular complexity index is 530. The quantitative estimate of drug-likeness (QED) is 0.818. The Morgan fingerprint density at radius 1 is 1.24 bits per heavy atom. The highest BCUT2D eigenvalue weighted by atomic mass is 16.5. The molecule has 0 aliphatic rings. The van der Waals surface area contributed by atoms with Gasteiger partial charge >= 0.3 is 6.09 Å². The van der Waals surface area contributed by atoms with Gasteiger partial charge in [-0.05, 0) is 26.0 Å². The molecule has 0 radical (unpaired) electrons. The van der Waals surface area contributed by atoms with Crippen molar-refractivity contribution in [3.8, 4) is 5.75 Å². The van der Waals surface area contributed by atoms with Crippen molar-refractivity contribution in [2.45, 2.75) is 13.8 Å². The number of aromatic nitrogens is 1. The zero-order valence-corrected chi connectivity index (χ0v) is 9.97. The second-order valence-electron chi connectivity index (χ2n) is 3.51. The molecule has 0 N–H and O–H groups in total. The van der Waals surface area contributed by atoms with E-state index in [1.165, 1.54) is 4.57 Å². The Balaban J connectivity index is 2.52. The minimum absolute atomic E-state index is 0.356. The Labute approximate surface area is 99.7 Å². The third kappa shape index (κ3) is 2.11.